The Morgan fingerprint density at radius 2 is 1.80 bits per heavy atom. The summed E-state index contributed by atoms with van der Waals surface area (Å²) in [6.07, 6.45) is 6.25. The average Bonchev–Trinajstić information content (AvgIpc) is 3.13. The summed E-state index contributed by atoms with van der Waals surface area (Å²) in [6.45, 7) is 10.7. The monoisotopic (exact) mass is 415 g/mol. The van der Waals surface area contributed by atoms with E-state index in [9.17, 15) is 0 Å². The van der Waals surface area contributed by atoms with Crippen LogP contribution < -0.4 is 5.32 Å². The summed E-state index contributed by atoms with van der Waals surface area (Å²) >= 11 is 6.07. The number of hydrogen-bond acceptors (Lipinski definition) is 2. The third kappa shape index (κ3) is 4.64. The smallest absolute Gasteiger partial charge is 0.0491 e. The van der Waals surface area contributed by atoms with Gasteiger partial charge in [-0.1, -0.05) is 66.7 Å². The number of benzene rings is 2. The molecule has 1 aliphatic rings. The normalized spacial score (nSPS) is 12.4. The van der Waals surface area contributed by atoms with Gasteiger partial charge in [0.2, 0.25) is 0 Å². The topological polar surface area (TPSA) is 40.8 Å². The van der Waals surface area contributed by atoms with Crippen molar-refractivity contribution in [2.45, 2.75) is 13.5 Å². The third-order valence-corrected chi connectivity index (χ3v) is 5.44. The molecule has 1 aliphatic heterocycles. The number of dihydropyridines is 1. The Kier molecular flexibility index (Phi) is 7.10. The van der Waals surface area contributed by atoms with Crippen LogP contribution in [-0.4, -0.2) is 17.8 Å². The van der Waals surface area contributed by atoms with Gasteiger partial charge in [0.05, 0.1) is 0 Å². The van der Waals surface area contributed by atoms with Crippen LogP contribution in [0.5, 0.6) is 0 Å². The van der Waals surface area contributed by atoms with E-state index < -0.39 is 0 Å². The molecule has 0 radical (unpaired) electrons. The van der Waals surface area contributed by atoms with Crippen LogP contribution >= 0.6 is 11.6 Å². The zero-order valence-electron chi connectivity index (χ0n) is 17.2. The summed E-state index contributed by atoms with van der Waals surface area (Å²) in [5.41, 5.74) is 8.25. The SMILES string of the molecule is C=C(C1=CCNC=C1)c1cc(-c2ccccc2)n(Cc2ccc(Cl)cc2)c1C.C=N. The minimum absolute atomic E-state index is 0.759. The fourth-order valence-corrected chi connectivity index (χ4v) is 3.73. The molecule has 3 nitrogen and oxygen atoms in total. The maximum Gasteiger partial charge on any atom is 0.0491 e. The minimum Gasteiger partial charge on any atom is -0.387 e. The van der Waals surface area contributed by atoms with E-state index in [1.54, 1.807) is 0 Å². The number of hydrogen-bond donors (Lipinski definition) is 2. The molecule has 2 heterocycles. The lowest BCUT2D eigenvalue weighted by molar-refractivity contribution is 0.783. The van der Waals surface area contributed by atoms with E-state index in [0.717, 1.165) is 23.7 Å². The van der Waals surface area contributed by atoms with E-state index in [0.29, 0.717) is 0 Å². The van der Waals surface area contributed by atoms with Crippen molar-refractivity contribution in [1.29, 1.82) is 5.41 Å². The van der Waals surface area contributed by atoms with Crippen LogP contribution in [0.1, 0.15) is 16.8 Å². The van der Waals surface area contributed by atoms with E-state index in [4.69, 9.17) is 17.0 Å². The van der Waals surface area contributed by atoms with Crippen molar-refractivity contribution >= 4 is 23.9 Å². The lowest BCUT2D eigenvalue weighted by atomic mass is 9.98. The summed E-state index contributed by atoms with van der Waals surface area (Å²) in [5.74, 6) is 0. The summed E-state index contributed by atoms with van der Waals surface area (Å²) in [7, 11) is 0. The molecular weight excluding hydrogens is 390 g/mol. The summed E-state index contributed by atoms with van der Waals surface area (Å²) in [5, 5.41) is 9.46. The zero-order valence-corrected chi connectivity index (χ0v) is 17.9. The molecule has 152 valence electrons. The van der Waals surface area contributed by atoms with E-state index in [-0.39, 0.29) is 0 Å². The molecule has 0 spiro atoms. The number of allylic oxidation sites excluding steroid dienone is 3. The van der Waals surface area contributed by atoms with Crippen molar-refractivity contribution in [1.82, 2.24) is 9.88 Å². The molecule has 2 N–H and O–H groups in total. The first-order valence-corrected chi connectivity index (χ1v) is 10.2. The van der Waals surface area contributed by atoms with Crippen molar-refractivity contribution in [3.63, 3.8) is 0 Å². The minimum atomic E-state index is 0.759. The molecule has 0 saturated carbocycles. The second-order valence-electron chi connectivity index (χ2n) is 6.99. The highest BCUT2D eigenvalue weighted by Gasteiger charge is 2.17. The predicted molar refractivity (Wildman–Crippen MR) is 129 cm³/mol. The Balaban J connectivity index is 0.00000124. The van der Waals surface area contributed by atoms with Gasteiger partial charge in [0.1, 0.15) is 0 Å². The Hall–Kier alpha value is -3.30. The largest absolute Gasteiger partial charge is 0.387 e. The Morgan fingerprint density at radius 3 is 2.43 bits per heavy atom. The number of nitrogens with one attached hydrogen (secondary N) is 2. The number of rotatable bonds is 5. The van der Waals surface area contributed by atoms with Gasteiger partial charge >= 0.3 is 0 Å². The number of halogens is 1. The van der Waals surface area contributed by atoms with Crippen molar-refractivity contribution in [2.75, 3.05) is 6.54 Å². The first-order valence-electron chi connectivity index (χ1n) is 9.78. The highest BCUT2D eigenvalue weighted by Crippen LogP contribution is 2.33. The number of aromatic nitrogens is 1. The Bertz CT molecular complexity index is 1070. The summed E-state index contributed by atoms with van der Waals surface area (Å²) < 4.78 is 2.37. The number of nitrogens with zero attached hydrogens (tertiary/aromatic N) is 1. The van der Waals surface area contributed by atoms with Gasteiger partial charge in [-0.25, -0.2) is 0 Å². The Morgan fingerprint density at radius 1 is 1.10 bits per heavy atom. The fraction of sp³-hybridized carbons (Fsp3) is 0.115. The molecule has 0 bridgehead atoms. The van der Waals surface area contributed by atoms with Gasteiger partial charge in [-0.2, -0.15) is 0 Å². The van der Waals surface area contributed by atoms with Crippen molar-refractivity contribution in [3.8, 4) is 11.3 Å². The molecule has 3 aromatic rings. The van der Waals surface area contributed by atoms with Gasteiger partial charge in [-0.3, -0.25) is 0 Å². The van der Waals surface area contributed by atoms with Crippen LogP contribution in [0.25, 0.3) is 16.8 Å². The molecule has 4 heteroatoms. The van der Waals surface area contributed by atoms with E-state index in [1.807, 2.05) is 24.4 Å². The second-order valence-corrected chi connectivity index (χ2v) is 7.42. The van der Waals surface area contributed by atoms with Gasteiger partial charge in [-0.15, -0.1) is 0 Å². The van der Waals surface area contributed by atoms with Gasteiger partial charge in [0.15, 0.2) is 0 Å². The molecular formula is C26H26ClN3. The molecule has 0 saturated heterocycles. The van der Waals surface area contributed by atoms with E-state index >= 15 is 0 Å². The van der Waals surface area contributed by atoms with E-state index in [2.05, 4.69) is 84.7 Å². The lowest BCUT2D eigenvalue weighted by Crippen LogP contribution is -2.09. The molecule has 0 aliphatic carbocycles. The quantitative estimate of drug-likeness (QED) is 0.459. The van der Waals surface area contributed by atoms with Crippen molar-refractivity contribution < 1.29 is 0 Å². The van der Waals surface area contributed by atoms with E-state index in [1.165, 1.54) is 33.7 Å². The molecule has 30 heavy (non-hydrogen) atoms. The summed E-state index contributed by atoms with van der Waals surface area (Å²) in [4.78, 5) is 0. The van der Waals surface area contributed by atoms with Crippen molar-refractivity contribution in [2.24, 2.45) is 0 Å². The first-order chi connectivity index (χ1) is 14.6. The summed E-state index contributed by atoms with van der Waals surface area (Å²) in [6, 6.07) is 20.9. The molecule has 0 unspecified atom stereocenters. The fourth-order valence-electron chi connectivity index (χ4n) is 3.61. The molecule has 0 atom stereocenters. The van der Waals surface area contributed by atoms with Crippen LogP contribution in [0, 0.1) is 12.3 Å². The molecule has 0 fully saturated rings. The van der Waals surface area contributed by atoms with Gasteiger partial charge in [-0.05, 0) is 66.4 Å². The average molecular weight is 416 g/mol. The zero-order chi connectivity index (χ0) is 21.5. The molecule has 1 aromatic heterocycles. The molecule has 4 rings (SSSR count). The van der Waals surface area contributed by atoms with Crippen molar-refractivity contribution in [3.05, 3.63) is 113 Å². The van der Waals surface area contributed by atoms with Crippen LogP contribution in [0.15, 0.2) is 91.2 Å². The lowest BCUT2D eigenvalue weighted by Gasteiger charge is -2.14. The van der Waals surface area contributed by atoms with Gasteiger partial charge < -0.3 is 15.3 Å². The molecule has 2 aromatic carbocycles. The highest BCUT2D eigenvalue weighted by molar-refractivity contribution is 6.30. The third-order valence-electron chi connectivity index (χ3n) is 5.18. The van der Waals surface area contributed by atoms with Crippen LogP contribution in [0.3, 0.4) is 0 Å². The maximum atomic E-state index is 6.07. The molecule has 0 amide bonds. The standard InChI is InChI=1S/C25H23ClN2.CH3N/c1-18(21-12-14-27-15-13-21)24-16-25(22-6-4-3-5-7-22)28(19(24)2)17-20-8-10-23(26)11-9-20;1-2/h3-14,16,27H,1,15,17H2,2H3;2H,1H2. The van der Waals surface area contributed by atoms with Crippen LogP contribution in [0.2, 0.25) is 5.02 Å². The Labute approximate surface area is 183 Å². The van der Waals surface area contributed by atoms with Gasteiger partial charge in [0, 0.05) is 35.1 Å². The highest BCUT2D eigenvalue weighted by atomic mass is 35.5. The second kappa shape index (κ2) is 9.95. The van der Waals surface area contributed by atoms with Crippen LogP contribution in [0.4, 0.5) is 0 Å². The first kappa shape index (κ1) is 21.4. The maximum absolute atomic E-state index is 6.07. The van der Waals surface area contributed by atoms with Crippen LogP contribution in [-0.2, 0) is 6.54 Å². The van der Waals surface area contributed by atoms with Gasteiger partial charge in [0.25, 0.3) is 0 Å². The predicted octanol–water partition coefficient (Wildman–Crippen LogP) is 6.49.